The third-order valence-corrected chi connectivity index (χ3v) is 4.18. The molecule has 22 heavy (non-hydrogen) atoms. The van der Waals surface area contributed by atoms with E-state index >= 15 is 0 Å². The summed E-state index contributed by atoms with van der Waals surface area (Å²) in [5, 5.41) is 11.7. The lowest BCUT2D eigenvalue weighted by Crippen LogP contribution is -2.33. The molecule has 0 bridgehead atoms. The van der Waals surface area contributed by atoms with E-state index in [-0.39, 0.29) is 18.3 Å². The standard InChI is InChI=1S/C13H18N2O6S/c1-22(19,20)14-7-10-4-5-11(21-10)12(16)15-9-3-2-8(6-9)13(17)18/h4-5,8-9,14H,2-3,6-7H2,1H3,(H,15,16)(H,17,18)/t8-,9+/m1/s1. The van der Waals surface area contributed by atoms with Crippen LogP contribution in [0.5, 0.6) is 0 Å². The van der Waals surface area contributed by atoms with Crippen LogP contribution in [0.4, 0.5) is 0 Å². The van der Waals surface area contributed by atoms with Gasteiger partial charge in [-0.2, -0.15) is 0 Å². The molecular formula is C13H18N2O6S. The summed E-state index contributed by atoms with van der Waals surface area (Å²) >= 11 is 0. The van der Waals surface area contributed by atoms with Crippen LogP contribution in [0.3, 0.4) is 0 Å². The molecule has 1 aromatic rings. The number of carbonyl (C=O) groups excluding carboxylic acids is 1. The summed E-state index contributed by atoms with van der Waals surface area (Å²) in [6.07, 6.45) is 2.60. The van der Waals surface area contributed by atoms with Gasteiger partial charge < -0.3 is 14.8 Å². The van der Waals surface area contributed by atoms with E-state index in [1.165, 1.54) is 12.1 Å². The second-order valence-electron chi connectivity index (χ2n) is 5.38. The van der Waals surface area contributed by atoms with Crippen molar-refractivity contribution in [2.75, 3.05) is 6.26 Å². The second-order valence-corrected chi connectivity index (χ2v) is 7.21. The molecule has 1 aliphatic rings. The Morgan fingerprint density at radius 1 is 1.36 bits per heavy atom. The first-order valence-electron chi connectivity index (χ1n) is 6.81. The highest BCUT2D eigenvalue weighted by Gasteiger charge is 2.31. The highest BCUT2D eigenvalue weighted by atomic mass is 32.2. The monoisotopic (exact) mass is 330 g/mol. The summed E-state index contributed by atoms with van der Waals surface area (Å²) < 4.78 is 29.5. The van der Waals surface area contributed by atoms with Gasteiger partial charge in [0.25, 0.3) is 5.91 Å². The van der Waals surface area contributed by atoms with E-state index in [4.69, 9.17) is 9.52 Å². The van der Waals surface area contributed by atoms with Crippen molar-refractivity contribution in [2.24, 2.45) is 5.92 Å². The number of carboxylic acid groups (broad SMARTS) is 1. The van der Waals surface area contributed by atoms with Crippen molar-refractivity contribution in [2.45, 2.75) is 31.8 Å². The maximum absolute atomic E-state index is 12.0. The summed E-state index contributed by atoms with van der Waals surface area (Å²) in [6, 6.07) is 2.79. The third kappa shape index (κ3) is 4.57. The van der Waals surface area contributed by atoms with Crippen molar-refractivity contribution in [1.82, 2.24) is 10.0 Å². The molecule has 1 aliphatic carbocycles. The molecule has 2 atom stereocenters. The Labute approximate surface area is 127 Å². The van der Waals surface area contributed by atoms with Gasteiger partial charge in [-0.1, -0.05) is 0 Å². The van der Waals surface area contributed by atoms with E-state index < -0.39 is 27.8 Å². The molecule has 0 aromatic carbocycles. The van der Waals surface area contributed by atoms with E-state index in [0.29, 0.717) is 25.0 Å². The number of aliphatic carboxylic acids is 1. The molecular weight excluding hydrogens is 312 g/mol. The van der Waals surface area contributed by atoms with Crippen molar-refractivity contribution in [3.05, 3.63) is 23.7 Å². The highest BCUT2D eigenvalue weighted by molar-refractivity contribution is 7.88. The zero-order valence-corrected chi connectivity index (χ0v) is 12.9. The molecule has 1 saturated carbocycles. The third-order valence-electron chi connectivity index (χ3n) is 3.51. The summed E-state index contributed by atoms with van der Waals surface area (Å²) in [5.74, 6) is -1.29. The maximum Gasteiger partial charge on any atom is 0.306 e. The molecule has 2 rings (SSSR count). The summed E-state index contributed by atoms with van der Waals surface area (Å²) in [7, 11) is -3.33. The number of hydrogen-bond acceptors (Lipinski definition) is 5. The molecule has 0 aliphatic heterocycles. The molecule has 3 N–H and O–H groups in total. The molecule has 8 nitrogen and oxygen atoms in total. The molecule has 0 spiro atoms. The predicted molar refractivity (Wildman–Crippen MR) is 76.6 cm³/mol. The summed E-state index contributed by atoms with van der Waals surface area (Å²) in [4.78, 5) is 22.9. The largest absolute Gasteiger partial charge is 0.481 e. The van der Waals surface area contributed by atoms with Gasteiger partial charge in [-0.05, 0) is 31.4 Å². The van der Waals surface area contributed by atoms with Crippen LogP contribution >= 0.6 is 0 Å². The Bertz CT molecular complexity index is 666. The fourth-order valence-corrected chi connectivity index (χ4v) is 2.80. The van der Waals surface area contributed by atoms with Crippen LogP contribution in [-0.4, -0.2) is 37.7 Å². The van der Waals surface area contributed by atoms with E-state index in [9.17, 15) is 18.0 Å². The number of sulfonamides is 1. The van der Waals surface area contributed by atoms with Crippen LogP contribution in [0, 0.1) is 5.92 Å². The van der Waals surface area contributed by atoms with Crippen molar-refractivity contribution in [3.63, 3.8) is 0 Å². The number of hydrogen-bond donors (Lipinski definition) is 3. The molecule has 1 aromatic heterocycles. The van der Waals surface area contributed by atoms with Crippen LogP contribution in [0.1, 0.15) is 35.6 Å². The van der Waals surface area contributed by atoms with Crippen molar-refractivity contribution in [1.29, 1.82) is 0 Å². The first-order valence-corrected chi connectivity index (χ1v) is 8.71. The first-order chi connectivity index (χ1) is 10.2. The van der Waals surface area contributed by atoms with E-state index in [0.717, 1.165) is 6.26 Å². The minimum Gasteiger partial charge on any atom is -0.481 e. The second kappa shape index (κ2) is 6.49. The van der Waals surface area contributed by atoms with Gasteiger partial charge in [0.15, 0.2) is 5.76 Å². The predicted octanol–water partition coefficient (Wildman–Crippen LogP) is 0.312. The average Bonchev–Trinajstić information content (AvgIpc) is 3.04. The number of rotatable bonds is 6. The molecule has 0 saturated heterocycles. The fourth-order valence-electron chi connectivity index (χ4n) is 2.39. The average molecular weight is 330 g/mol. The van der Waals surface area contributed by atoms with Crippen LogP contribution in [0.15, 0.2) is 16.5 Å². The molecule has 9 heteroatoms. The van der Waals surface area contributed by atoms with E-state index in [1.54, 1.807) is 0 Å². The normalized spacial score (nSPS) is 21.7. The molecule has 0 unspecified atom stereocenters. The topological polar surface area (TPSA) is 126 Å². The Hall–Kier alpha value is -1.87. The summed E-state index contributed by atoms with van der Waals surface area (Å²) in [6.45, 7) is -0.0311. The van der Waals surface area contributed by atoms with Gasteiger partial charge in [0.05, 0.1) is 18.7 Å². The number of carbonyl (C=O) groups is 2. The lowest BCUT2D eigenvalue weighted by molar-refractivity contribution is -0.141. The molecule has 1 heterocycles. The van der Waals surface area contributed by atoms with Crippen molar-refractivity contribution in [3.8, 4) is 0 Å². The SMILES string of the molecule is CS(=O)(=O)NCc1ccc(C(=O)N[C@H]2CC[C@@H](C(=O)O)C2)o1. The summed E-state index contributed by atoms with van der Waals surface area (Å²) in [5.41, 5.74) is 0. The van der Waals surface area contributed by atoms with Gasteiger partial charge in [-0.3, -0.25) is 9.59 Å². The molecule has 122 valence electrons. The lowest BCUT2D eigenvalue weighted by Gasteiger charge is -2.10. The first kappa shape index (κ1) is 16.5. The van der Waals surface area contributed by atoms with Crippen LogP contribution in [0.2, 0.25) is 0 Å². The van der Waals surface area contributed by atoms with Gasteiger partial charge in [-0.15, -0.1) is 0 Å². The number of carboxylic acids is 1. The minimum atomic E-state index is -3.33. The van der Waals surface area contributed by atoms with Gasteiger partial charge >= 0.3 is 5.97 Å². The van der Waals surface area contributed by atoms with Crippen LogP contribution in [-0.2, 0) is 21.4 Å². The Balaban J connectivity index is 1.88. The minimum absolute atomic E-state index is 0.0311. The van der Waals surface area contributed by atoms with Crippen LogP contribution < -0.4 is 10.0 Å². The zero-order chi connectivity index (χ0) is 16.3. The molecule has 1 amide bonds. The van der Waals surface area contributed by atoms with Crippen molar-refractivity contribution < 1.29 is 27.5 Å². The number of nitrogens with one attached hydrogen (secondary N) is 2. The van der Waals surface area contributed by atoms with Gasteiger partial charge in [0, 0.05) is 6.04 Å². The van der Waals surface area contributed by atoms with Gasteiger partial charge in [-0.25, -0.2) is 13.1 Å². The maximum atomic E-state index is 12.0. The molecule has 0 radical (unpaired) electrons. The van der Waals surface area contributed by atoms with Gasteiger partial charge in [0.2, 0.25) is 10.0 Å². The fraction of sp³-hybridized carbons (Fsp3) is 0.538. The van der Waals surface area contributed by atoms with Gasteiger partial charge in [0.1, 0.15) is 5.76 Å². The van der Waals surface area contributed by atoms with Crippen LogP contribution in [0.25, 0.3) is 0 Å². The Morgan fingerprint density at radius 2 is 2.09 bits per heavy atom. The van der Waals surface area contributed by atoms with E-state index in [2.05, 4.69) is 10.0 Å². The Morgan fingerprint density at radius 3 is 2.68 bits per heavy atom. The Kier molecular flexibility index (Phi) is 4.87. The highest BCUT2D eigenvalue weighted by Crippen LogP contribution is 2.26. The number of amides is 1. The zero-order valence-electron chi connectivity index (χ0n) is 12.0. The van der Waals surface area contributed by atoms with Crippen molar-refractivity contribution >= 4 is 21.9 Å². The quantitative estimate of drug-likeness (QED) is 0.689. The smallest absolute Gasteiger partial charge is 0.306 e. The number of furan rings is 1. The molecule has 1 fully saturated rings. The lowest BCUT2D eigenvalue weighted by atomic mass is 10.1. The van der Waals surface area contributed by atoms with E-state index in [1.807, 2.05) is 0 Å².